The van der Waals surface area contributed by atoms with E-state index < -0.39 is 8.60 Å². The Morgan fingerprint density at radius 1 is 0.510 bits per heavy atom. The van der Waals surface area contributed by atoms with E-state index >= 15 is 0 Å². The summed E-state index contributed by atoms with van der Waals surface area (Å²) in [6.45, 7) is 33.8. The zero-order chi connectivity index (χ0) is 36.8. The number of hydrogen-bond donors (Lipinski definition) is 0. The molecule has 0 saturated carbocycles. The van der Waals surface area contributed by atoms with Gasteiger partial charge in [0.25, 0.3) is 0 Å². The van der Waals surface area contributed by atoms with Crippen molar-refractivity contribution in [1.82, 2.24) is 0 Å². The molecule has 272 valence electrons. The molecular formula is C45H69O3P. The van der Waals surface area contributed by atoms with Crippen LogP contribution in [0.1, 0.15) is 174 Å². The number of rotatable bonds is 14. The minimum atomic E-state index is -1.87. The van der Waals surface area contributed by atoms with Crippen LogP contribution < -0.4 is 13.6 Å². The summed E-state index contributed by atoms with van der Waals surface area (Å²) < 4.78 is 21.0. The fourth-order valence-electron chi connectivity index (χ4n) is 6.13. The van der Waals surface area contributed by atoms with Crippen LogP contribution in [0.2, 0.25) is 0 Å². The highest BCUT2D eigenvalue weighted by atomic mass is 31.2. The molecule has 0 aromatic heterocycles. The predicted octanol–water partition coefficient (Wildman–Crippen LogP) is 14.6. The number of benzene rings is 3. The van der Waals surface area contributed by atoms with Crippen LogP contribution in [0.4, 0.5) is 0 Å². The summed E-state index contributed by atoms with van der Waals surface area (Å²) in [7, 11) is -1.87. The van der Waals surface area contributed by atoms with Gasteiger partial charge in [0.15, 0.2) is 0 Å². The van der Waals surface area contributed by atoms with Gasteiger partial charge in [-0.1, -0.05) is 171 Å². The highest BCUT2D eigenvalue weighted by molar-refractivity contribution is 7.43. The maximum Gasteiger partial charge on any atom is 0.530 e. The molecule has 3 rings (SSSR count). The second kappa shape index (κ2) is 16.7. The zero-order valence-corrected chi connectivity index (χ0v) is 34.8. The first-order chi connectivity index (χ1) is 22.6. The molecule has 0 saturated heterocycles. The van der Waals surface area contributed by atoms with Crippen molar-refractivity contribution in [3.63, 3.8) is 0 Å². The molecular weight excluding hydrogens is 619 g/mol. The molecule has 49 heavy (non-hydrogen) atoms. The second-order valence-corrected chi connectivity index (χ2v) is 19.3. The SMILES string of the molecule is CCCCCCCCCc1ccccc1OP(Oc1c(C)cc(C(C)(C)C)cc1C(C)(C)C)Oc1c(C)cc(C(C)(C)C)cc1C(C)(C)C. The topological polar surface area (TPSA) is 27.7 Å². The van der Waals surface area contributed by atoms with Crippen molar-refractivity contribution >= 4 is 8.60 Å². The minimum absolute atomic E-state index is 0.0173. The smallest absolute Gasteiger partial charge is 0.408 e. The van der Waals surface area contributed by atoms with Crippen molar-refractivity contribution in [2.24, 2.45) is 0 Å². The summed E-state index contributed by atoms with van der Waals surface area (Å²) in [4.78, 5) is 0. The number of aryl methyl sites for hydroxylation is 3. The maximum atomic E-state index is 7.05. The average Bonchev–Trinajstić information content (AvgIpc) is 2.96. The van der Waals surface area contributed by atoms with Crippen molar-refractivity contribution in [2.75, 3.05) is 0 Å². The van der Waals surface area contributed by atoms with Crippen molar-refractivity contribution < 1.29 is 13.6 Å². The Bertz CT molecular complexity index is 1420. The molecule has 3 aromatic carbocycles. The Morgan fingerprint density at radius 3 is 1.37 bits per heavy atom. The number of para-hydroxylation sites is 1. The Kier molecular flexibility index (Phi) is 13.9. The minimum Gasteiger partial charge on any atom is -0.408 e. The second-order valence-electron chi connectivity index (χ2n) is 18.3. The zero-order valence-electron chi connectivity index (χ0n) is 33.9. The molecule has 0 heterocycles. The Morgan fingerprint density at radius 2 is 0.939 bits per heavy atom. The third kappa shape index (κ3) is 11.8. The predicted molar refractivity (Wildman–Crippen MR) is 214 cm³/mol. The van der Waals surface area contributed by atoms with E-state index in [0.717, 1.165) is 41.2 Å². The van der Waals surface area contributed by atoms with E-state index in [1.165, 1.54) is 66.3 Å². The van der Waals surface area contributed by atoms with E-state index in [1.54, 1.807) is 0 Å². The standard InChI is InChI=1S/C45H69O3P/c1-16-17-18-19-20-21-22-25-34-26-23-24-27-39(34)46-49(47-40-32(2)28-35(42(4,5)6)30-37(40)44(10,11)12)48-41-33(3)29-36(43(7,8)9)31-38(41)45(13,14)15/h23-24,26-31H,16-22,25H2,1-15H3. The molecule has 0 aliphatic carbocycles. The quantitative estimate of drug-likeness (QED) is 0.125. The molecule has 0 aliphatic heterocycles. The molecule has 4 heteroatoms. The van der Waals surface area contributed by atoms with Crippen LogP contribution >= 0.6 is 8.60 Å². The first-order valence-corrected chi connectivity index (χ1v) is 20.0. The molecule has 0 aliphatic rings. The van der Waals surface area contributed by atoms with Gasteiger partial charge in [-0.15, -0.1) is 0 Å². The lowest BCUT2D eigenvalue weighted by Gasteiger charge is -2.31. The van der Waals surface area contributed by atoms with Gasteiger partial charge in [-0.3, -0.25) is 0 Å². The van der Waals surface area contributed by atoms with Gasteiger partial charge in [0.05, 0.1) is 0 Å². The molecule has 0 N–H and O–H groups in total. The molecule has 0 bridgehead atoms. The summed E-state index contributed by atoms with van der Waals surface area (Å²) >= 11 is 0. The van der Waals surface area contributed by atoms with Gasteiger partial charge in [0, 0.05) is 11.1 Å². The van der Waals surface area contributed by atoms with E-state index in [2.05, 4.69) is 152 Å². The summed E-state index contributed by atoms with van der Waals surface area (Å²) in [5.41, 5.74) is 8.11. The van der Waals surface area contributed by atoms with Gasteiger partial charge in [0.2, 0.25) is 0 Å². The lowest BCUT2D eigenvalue weighted by molar-refractivity contribution is 0.372. The molecule has 0 atom stereocenters. The first-order valence-electron chi connectivity index (χ1n) is 18.9. The lowest BCUT2D eigenvalue weighted by Crippen LogP contribution is -2.20. The van der Waals surface area contributed by atoms with E-state index in [0.29, 0.717) is 0 Å². The third-order valence-electron chi connectivity index (χ3n) is 9.42. The lowest BCUT2D eigenvalue weighted by atomic mass is 9.79. The van der Waals surface area contributed by atoms with Crippen molar-refractivity contribution in [1.29, 1.82) is 0 Å². The van der Waals surface area contributed by atoms with Crippen LogP contribution in [0.15, 0.2) is 48.5 Å². The fraction of sp³-hybridized carbons (Fsp3) is 0.600. The summed E-state index contributed by atoms with van der Waals surface area (Å²) in [6.07, 6.45) is 9.95. The molecule has 3 nitrogen and oxygen atoms in total. The average molecular weight is 689 g/mol. The van der Waals surface area contributed by atoms with Crippen LogP contribution in [0.5, 0.6) is 17.2 Å². The van der Waals surface area contributed by atoms with Crippen LogP contribution in [-0.2, 0) is 28.1 Å². The normalized spacial score (nSPS) is 12.8. The molecule has 3 aromatic rings. The van der Waals surface area contributed by atoms with Crippen LogP contribution in [-0.4, -0.2) is 0 Å². The van der Waals surface area contributed by atoms with Crippen molar-refractivity contribution in [2.45, 2.75) is 177 Å². The molecule has 0 fully saturated rings. The van der Waals surface area contributed by atoms with E-state index in [-0.39, 0.29) is 21.7 Å². The van der Waals surface area contributed by atoms with Gasteiger partial charge in [-0.25, -0.2) is 0 Å². The van der Waals surface area contributed by atoms with Gasteiger partial charge < -0.3 is 13.6 Å². The highest BCUT2D eigenvalue weighted by Crippen LogP contribution is 2.51. The number of hydrogen-bond acceptors (Lipinski definition) is 3. The molecule has 0 amide bonds. The van der Waals surface area contributed by atoms with E-state index in [9.17, 15) is 0 Å². The van der Waals surface area contributed by atoms with Crippen LogP contribution in [0.3, 0.4) is 0 Å². The summed E-state index contributed by atoms with van der Waals surface area (Å²) in [5.74, 6) is 2.57. The Labute approximate surface area is 302 Å². The monoisotopic (exact) mass is 688 g/mol. The van der Waals surface area contributed by atoms with Gasteiger partial charge in [-0.05, 0) is 82.2 Å². The summed E-state index contributed by atoms with van der Waals surface area (Å²) in [6, 6.07) is 17.7. The van der Waals surface area contributed by atoms with Crippen molar-refractivity contribution in [3.05, 3.63) is 87.5 Å². The van der Waals surface area contributed by atoms with Crippen LogP contribution in [0, 0.1) is 13.8 Å². The highest BCUT2D eigenvalue weighted by Gasteiger charge is 2.32. The molecule has 0 radical (unpaired) electrons. The van der Waals surface area contributed by atoms with Gasteiger partial charge >= 0.3 is 8.60 Å². The molecule has 0 unspecified atom stereocenters. The van der Waals surface area contributed by atoms with E-state index in [1.807, 2.05) is 0 Å². The third-order valence-corrected chi connectivity index (χ3v) is 10.4. The molecule has 0 spiro atoms. The maximum absolute atomic E-state index is 7.05. The first kappa shape index (κ1) is 40.9. The number of unbranched alkanes of at least 4 members (excludes halogenated alkanes) is 6. The largest absolute Gasteiger partial charge is 0.530 e. The van der Waals surface area contributed by atoms with Gasteiger partial charge in [0.1, 0.15) is 17.2 Å². The fourth-order valence-corrected chi connectivity index (χ4v) is 7.36. The van der Waals surface area contributed by atoms with E-state index in [4.69, 9.17) is 13.6 Å². The Hall–Kier alpha value is -2.51. The summed E-state index contributed by atoms with van der Waals surface area (Å²) in [5, 5.41) is 0. The van der Waals surface area contributed by atoms with Crippen LogP contribution in [0.25, 0.3) is 0 Å². The Balaban J connectivity index is 2.11. The van der Waals surface area contributed by atoms with Gasteiger partial charge in [-0.2, -0.15) is 0 Å². The van der Waals surface area contributed by atoms with Crippen molar-refractivity contribution in [3.8, 4) is 17.2 Å².